The van der Waals surface area contributed by atoms with Gasteiger partial charge >= 0.3 is 0 Å². The lowest BCUT2D eigenvalue weighted by Gasteiger charge is -2.00. The molecular formula is C18H17NO2. The molecule has 0 radical (unpaired) electrons. The van der Waals surface area contributed by atoms with Crippen LogP contribution in [0, 0.1) is 0 Å². The zero-order valence-corrected chi connectivity index (χ0v) is 11.8. The first kappa shape index (κ1) is 13.6. The Morgan fingerprint density at radius 2 is 1.76 bits per heavy atom. The summed E-state index contributed by atoms with van der Waals surface area (Å²) in [7, 11) is 0. The zero-order chi connectivity index (χ0) is 14.5. The summed E-state index contributed by atoms with van der Waals surface area (Å²) in [5.41, 5.74) is 2.82. The van der Waals surface area contributed by atoms with Gasteiger partial charge in [-0.3, -0.25) is 4.79 Å². The maximum Gasteiger partial charge on any atom is 0.202 e. The van der Waals surface area contributed by atoms with Crippen LogP contribution in [-0.2, 0) is 17.6 Å². The lowest BCUT2D eigenvalue weighted by Crippen LogP contribution is -2.03. The second kappa shape index (κ2) is 6.35. The van der Waals surface area contributed by atoms with Crippen LogP contribution in [0.5, 0.6) is 0 Å². The molecule has 0 saturated carbocycles. The summed E-state index contributed by atoms with van der Waals surface area (Å²) in [6.07, 6.45) is 2.64. The van der Waals surface area contributed by atoms with Gasteiger partial charge in [0.1, 0.15) is 11.3 Å². The van der Waals surface area contributed by atoms with Crippen LogP contribution >= 0.6 is 0 Å². The lowest BCUT2D eigenvalue weighted by molar-refractivity contribution is -0.118. The number of fused-ring (bicyclic) bond motifs is 1. The van der Waals surface area contributed by atoms with E-state index in [4.69, 9.17) is 4.42 Å². The molecule has 106 valence electrons. The van der Waals surface area contributed by atoms with Crippen molar-refractivity contribution in [3.05, 3.63) is 66.1 Å². The van der Waals surface area contributed by atoms with E-state index in [9.17, 15) is 4.79 Å². The van der Waals surface area contributed by atoms with Gasteiger partial charge in [-0.2, -0.15) is 0 Å². The summed E-state index contributed by atoms with van der Waals surface area (Å²) in [6.45, 7) is 0. The number of oxazole rings is 1. The maximum absolute atomic E-state index is 12.0. The highest BCUT2D eigenvalue weighted by atomic mass is 16.3. The van der Waals surface area contributed by atoms with Crippen LogP contribution in [-0.4, -0.2) is 10.8 Å². The third-order valence-electron chi connectivity index (χ3n) is 3.45. The highest BCUT2D eigenvalue weighted by Crippen LogP contribution is 2.15. The number of carbonyl (C=O) groups excluding carboxylic acids is 1. The van der Waals surface area contributed by atoms with Gasteiger partial charge in [0.05, 0.1) is 6.42 Å². The molecule has 21 heavy (non-hydrogen) atoms. The first-order valence-electron chi connectivity index (χ1n) is 7.21. The fourth-order valence-corrected chi connectivity index (χ4v) is 2.39. The van der Waals surface area contributed by atoms with Crippen LogP contribution in [0.25, 0.3) is 11.1 Å². The Labute approximate surface area is 123 Å². The smallest absolute Gasteiger partial charge is 0.202 e. The number of carbonyl (C=O) groups is 1. The Hall–Kier alpha value is -2.42. The molecule has 0 amide bonds. The number of aryl methyl sites for hydroxylation is 1. The van der Waals surface area contributed by atoms with Crippen molar-refractivity contribution in [1.82, 2.24) is 4.98 Å². The van der Waals surface area contributed by atoms with Gasteiger partial charge in [0, 0.05) is 6.42 Å². The van der Waals surface area contributed by atoms with Crippen LogP contribution in [0.4, 0.5) is 0 Å². The molecule has 0 saturated heterocycles. The maximum atomic E-state index is 12.0. The molecule has 0 aliphatic rings. The van der Waals surface area contributed by atoms with Crippen LogP contribution in [0.2, 0.25) is 0 Å². The van der Waals surface area contributed by atoms with E-state index < -0.39 is 0 Å². The summed E-state index contributed by atoms with van der Waals surface area (Å²) in [6, 6.07) is 17.8. The van der Waals surface area contributed by atoms with E-state index in [0.29, 0.717) is 12.3 Å². The van der Waals surface area contributed by atoms with Crippen molar-refractivity contribution in [2.45, 2.75) is 25.7 Å². The summed E-state index contributed by atoms with van der Waals surface area (Å²) in [5.74, 6) is 0.693. The minimum atomic E-state index is 0.178. The van der Waals surface area contributed by atoms with Gasteiger partial charge in [-0.05, 0) is 30.5 Å². The number of nitrogens with zero attached hydrogens (tertiary/aromatic N) is 1. The fourth-order valence-electron chi connectivity index (χ4n) is 2.39. The second-order valence-corrected chi connectivity index (χ2v) is 5.13. The number of para-hydroxylation sites is 2. The monoisotopic (exact) mass is 279 g/mol. The third kappa shape index (κ3) is 3.57. The molecule has 0 spiro atoms. The Bertz CT molecular complexity index is 698. The molecule has 3 nitrogen and oxygen atoms in total. The molecule has 3 rings (SSSR count). The third-order valence-corrected chi connectivity index (χ3v) is 3.45. The molecule has 0 aliphatic heterocycles. The number of hydrogen-bond donors (Lipinski definition) is 0. The van der Waals surface area contributed by atoms with Crippen molar-refractivity contribution in [3.63, 3.8) is 0 Å². The second-order valence-electron chi connectivity index (χ2n) is 5.13. The van der Waals surface area contributed by atoms with Gasteiger partial charge in [0.15, 0.2) is 5.58 Å². The Morgan fingerprint density at radius 1 is 1.00 bits per heavy atom. The molecule has 0 fully saturated rings. The van der Waals surface area contributed by atoms with E-state index in [-0.39, 0.29) is 12.2 Å². The summed E-state index contributed by atoms with van der Waals surface area (Å²) in [5, 5.41) is 0. The molecular weight excluding hydrogens is 262 g/mol. The van der Waals surface area contributed by atoms with Gasteiger partial charge in [-0.25, -0.2) is 4.98 Å². The Balaban J connectivity index is 1.52. The van der Waals surface area contributed by atoms with E-state index in [0.717, 1.165) is 23.9 Å². The van der Waals surface area contributed by atoms with E-state index in [1.807, 2.05) is 42.5 Å². The normalized spacial score (nSPS) is 10.9. The Kier molecular flexibility index (Phi) is 4.10. The van der Waals surface area contributed by atoms with Crippen molar-refractivity contribution >= 4 is 16.9 Å². The van der Waals surface area contributed by atoms with Crippen LogP contribution < -0.4 is 0 Å². The van der Waals surface area contributed by atoms with Gasteiger partial charge in [-0.1, -0.05) is 42.5 Å². The van der Waals surface area contributed by atoms with E-state index in [2.05, 4.69) is 17.1 Å². The fraction of sp³-hybridized carbons (Fsp3) is 0.222. The first-order chi connectivity index (χ1) is 10.3. The van der Waals surface area contributed by atoms with Crippen LogP contribution in [0.15, 0.2) is 59.0 Å². The van der Waals surface area contributed by atoms with Crippen molar-refractivity contribution in [1.29, 1.82) is 0 Å². The minimum absolute atomic E-state index is 0.178. The number of benzene rings is 2. The summed E-state index contributed by atoms with van der Waals surface area (Å²) >= 11 is 0. The van der Waals surface area contributed by atoms with Crippen molar-refractivity contribution in [2.75, 3.05) is 0 Å². The van der Waals surface area contributed by atoms with E-state index in [1.165, 1.54) is 5.56 Å². The van der Waals surface area contributed by atoms with Gasteiger partial charge in [-0.15, -0.1) is 0 Å². The quantitative estimate of drug-likeness (QED) is 0.686. The summed E-state index contributed by atoms with van der Waals surface area (Å²) in [4.78, 5) is 16.3. The van der Waals surface area contributed by atoms with Crippen molar-refractivity contribution in [2.24, 2.45) is 0 Å². The predicted octanol–water partition coefficient (Wildman–Crippen LogP) is 3.96. The van der Waals surface area contributed by atoms with E-state index >= 15 is 0 Å². The number of ketones is 1. The topological polar surface area (TPSA) is 43.1 Å². The molecule has 0 bridgehead atoms. The predicted molar refractivity (Wildman–Crippen MR) is 82.1 cm³/mol. The molecule has 2 aromatic carbocycles. The number of rotatable bonds is 6. The summed E-state index contributed by atoms with van der Waals surface area (Å²) < 4.78 is 5.57. The lowest BCUT2D eigenvalue weighted by atomic mass is 10.1. The SMILES string of the molecule is O=C(CCCc1ccccc1)Cc1nc2ccccc2o1. The zero-order valence-electron chi connectivity index (χ0n) is 11.8. The molecule has 0 unspecified atom stereocenters. The highest BCUT2D eigenvalue weighted by molar-refractivity contribution is 5.81. The van der Waals surface area contributed by atoms with E-state index in [1.54, 1.807) is 0 Å². The van der Waals surface area contributed by atoms with Gasteiger partial charge in [0.2, 0.25) is 5.89 Å². The average molecular weight is 279 g/mol. The highest BCUT2D eigenvalue weighted by Gasteiger charge is 2.10. The molecule has 3 aromatic rings. The Morgan fingerprint density at radius 3 is 2.57 bits per heavy atom. The largest absolute Gasteiger partial charge is 0.440 e. The number of Topliss-reactive ketones (excluding diaryl/α,β-unsaturated/α-hetero) is 1. The van der Waals surface area contributed by atoms with Gasteiger partial charge in [0.25, 0.3) is 0 Å². The molecule has 1 aromatic heterocycles. The van der Waals surface area contributed by atoms with Crippen molar-refractivity contribution < 1.29 is 9.21 Å². The van der Waals surface area contributed by atoms with Crippen LogP contribution in [0.1, 0.15) is 24.3 Å². The molecule has 0 atom stereocenters. The molecule has 3 heteroatoms. The first-order valence-corrected chi connectivity index (χ1v) is 7.21. The molecule has 0 aliphatic carbocycles. The van der Waals surface area contributed by atoms with Gasteiger partial charge < -0.3 is 4.42 Å². The average Bonchev–Trinajstić information content (AvgIpc) is 2.90. The molecule has 0 N–H and O–H groups in total. The number of hydrogen-bond acceptors (Lipinski definition) is 3. The molecule has 1 heterocycles. The van der Waals surface area contributed by atoms with Crippen molar-refractivity contribution in [3.8, 4) is 0 Å². The van der Waals surface area contributed by atoms with Crippen LogP contribution in [0.3, 0.4) is 0 Å². The number of aromatic nitrogens is 1. The minimum Gasteiger partial charge on any atom is -0.440 e. The standard InChI is InChI=1S/C18H17NO2/c20-15(10-6-9-14-7-2-1-3-8-14)13-18-19-16-11-4-5-12-17(16)21-18/h1-5,7-8,11-12H,6,9-10,13H2.